The fourth-order valence-corrected chi connectivity index (χ4v) is 4.21. The van der Waals surface area contributed by atoms with Crippen LogP contribution in [0.4, 0.5) is 10.8 Å². The van der Waals surface area contributed by atoms with E-state index in [4.69, 9.17) is 17.0 Å². The van der Waals surface area contributed by atoms with Gasteiger partial charge in [0.2, 0.25) is 5.13 Å². The maximum absolute atomic E-state index is 12.0. The summed E-state index contributed by atoms with van der Waals surface area (Å²) in [5.74, 6) is -0.0926. The average molecular weight is 394 g/mol. The van der Waals surface area contributed by atoms with Gasteiger partial charge in [-0.25, -0.2) is 0 Å². The van der Waals surface area contributed by atoms with Gasteiger partial charge in [0, 0.05) is 5.69 Å². The Morgan fingerprint density at radius 3 is 2.96 bits per heavy atom. The van der Waals surface area contributed by atoms with Crippen molar-refractivity contribution in [2.75, 3.05) is 25.0 Å². The van der Waals surface area contributed by atoms with E-state index in [0.717, 1.165) is 40.7 Å². The first-order valence-corrected chi connectivity index (χ1v) is 10.2. The molecule has 1 aromatic carbocycles. The standard InChI is InChI=1S/C18H24N4O2S2/c1-3-24-16(23)14-5-4-10-21(11-14)12-22-18(25)26-17(20-22)19-15-8-6-13(2)7-9-15/h6-9,14H,3-5,10-12H2,1-2H3,(H,19,20)/p+1/t14-/m1/s1. The van der Waals surface area contributed by atoms with Gasteiger partial charge in [0.1, 0.15) is 5.92 Å². The molecule has 140 valence electrons. The Kier molecular flexibility index (Phi) is 6.39. The number of benzene rings is 1. The molecule has 0 spiro atoms. The normalized spacial score (nSPS) is 19.9. The van der Waals surface area contributed by atoms with Crippen molar-refractivity contribution in [2.24, 2.45) is 5.92 Å². The molecule has 0 saturated carbocycles. The van der Waals surface area contributed by atoms with Gasteiger partial charge in [0.15, 0.2) is 10.6 Å². The number of carbonyl (C=O) groups is 1. The molecule has 26 heavy (non-hydrogen) atoms. The third-order valence-electron chi connectivity index (χ3n) is 4.52. The fraction of sp³-hybridized carbons (Fsp3) is 0.500. The van der Waals surface area contributed by atoms with Crippen LogP contribution in [-0.2, 0) is 16.2 Å². The molecule has 2 N–H and O–H groups in total. The highest BCUT2D eigenvalue weighted by atomic mass is 32.1. The van der Waals surface area contributed by atoms with Gasteiger partial charge < -0.3 is 15.0 Å². The number of likely N-dealkylation sites (tertiary alicyclic amines) is 1. The Labute approximate surface area is 162 Å². The van der Waals surface area contributed by atoms with E-state index in [1.165, 1.54) is 21.8 Å². The highest BCUT2D eigenvalue weighted by Crippen LogP contribution is 2.20. The number of nitrogens with zero attached hydrogens (tertiary/aromatic N) is 2. The number of hydrogen-bond acceptors (Lipinski definition) is 6. The van der Waals surface area contributed by atoms with E-state index in [1.807, 2.05) is 23.7 Å². The van der Waals surface area contributed by atoms with Gasteiger partial charge >= 0.3 is 5.97 Å². The molecule has 0 amide bonds. The summed E-state index contributed by atoms with van der Waals surface area (Å²) in [6, 6.07) is 8.19. The zero-order valence-corrected chi connectivity index (χ0v) is 16.8. The molecule has 1 aromatic heterocycles. The van der Waals surface area contributed by atoms with Gasteiger partial charge in [-0.15, -0.1) is 5.10 Å². The van der Waals surface area contributed by atoms with E-state index in [2.05, 4.69) is 29.5 Å². The SMILES string of the molecule is CCOC(=O)[C@@H]1CCC[NH+](Cn2nc(Nc3ccc(C)cc3)sc2=S)C1. The van der Waals surface area contributed by atoms with Gasteiger partial charge in [-0.05, 0) is 51.0 Å². The van der Waals surface area contributed by atoms with Crippen LogP contribution in [0.1, 0.15) is 25.3 Å². The number of anilines is 2. The highest BCUT2D eigenvalue weighted by molar-refractivity contribution is 7.73. The first kappa shape index (κ1) is 19.0. The first-order chi connectivity index (χ1) is 12.5. The maximum Gasteiger partial charge on any atom is 0.314 e. The van der Waals surface area contributed by atoms with Crippen LogP contribution in [-0.4, -0.2) is 35.4 Å². The quantitative estimate of drug-likeness (QED) is 0.583. The van der Waals surface area contributed by atoms with Crippen LogP contribution in [0.2, 0.25) is 0 Å². The van der Waals surface area contributed by atoms with E-state index < -0.39 is 0 Å². The number of esters is 1. The average Bonchev–Trinajstić information content (AvgIpc) is 2.96. The molecular formula is C18H25N4O2S2+. The van der Waals surface area contributed by atoms with E-state index in [-0.39, 0.29) is 11.9 Å². The summed E-state index contributed by atoms with van der Waals surface area (Å²) >= 11 is 6.94. The fourth-order valence-electron chi connectivity index (χ4n) is 3.18. The van der Waals surface area contributed by atoms with E-state index in [1.54, 1.807) is 0 Å². The minimum atomic E-state index is -0.0756. The van der Waals surface area contributed by atoms with E-state index in [0.29, 0.717) is 13.3 Å². The number of aromatic nitrogens is 2. The van der Waals surface area contributed by atoms with Crippen molar-refractivity contribution in [3.8, 4) is 0 Å². The third-order valence-corrected chi connectivity index (χ3v) is 5.74. The molecule has 6 nitrogen and oxygen atoms in total. The maximum atomic E-state index is 12.0. The zero-order valence-electron chi connectivity index (χ0n) is 15.2. The number of carbonyl (C=O) groups excluding carboxylic acids is 1. The number of nitrogens with one attached hydrogen (secondary N) is 2. The molecule has 0 radical (unpaired) electrons. The van der Waals surface area contributed by atoms with Crippen molar-refractivity contribution < 1.29 is 14.4 Å². The number of rotatable bonds is 6. The Morgan fingerprint density at radius 2 is 2.23 bits per heavy atom. The second-order valence-electron chi connectivity index (χ2n) is 6.62. The first-order valence-electron chi connectivity index (χ1n) is 8.97. The molecule has 1 saturated heterocycles. The second-order valence-corrected chi connectivity index (χ2v) is 8.24. The summed E-state index contributed by atoms with van der Waals surface area (Å²) in [5, 5.41) is 8.71. The summed E-state index contributed by atoms with van der Waals surface area (Å²) in [6.07, 6.45) is 1.93. The molecule has 2 heterocycles. The molecule has 1 aliphatic rings. The predicted octanol–water partition coefficient (Wildman–Crippen LogP) is 2.54. The van der Waals surface area contributed by atoms with Crippen molar-refractivity contribution in [2.45, 2.75) is 33.4 Å². The minimum absolute atomic E-state index is 0.0170. The lowest BCUT2D eigenvalue weighted by molar-refractivity contribution is -0.930. The van der Waals surface area contributed by atoms with Crippen molar-refractivity contribution in [3.63, 3.8) is 0 Å². The molecule has 1 aliphatic heterocycles. The van der Waals surface area contributed by atoms with Gasteiger partial charge in [-0.2, -0.15) is 4.68 Å². The third kappa shape index (κ3) is 4.90. The van der Waals surface area contributed by atoms with Crippen LogP contribution < -0.4 is 10.2 Å². The molecule has 0 aliphatic carbocycles. The van der Waals surface area contributed by atoms with Gasteiger partial charge in [0.05, 0.1) is 19.7 Å². The van der Waals surface area contributed by atoms with E-state index in [9.17, 15) is 4.79 Å². The molecule has 1 fully saturated rings. The number of ether oxygens (including phenoxy) is 1. The lowest BCUT2D eigenvalue weighted by Gasteiger charge is -2.28. The van der Waals surface area contributed by atoms with Crippen LogP contribution in [0.5, 0.6) is 0 Å². The predicted molar refractivity (Wildman–Crippen MR) is 105 cm³/mol. The molecule has 2 aromatic rings. The summed E-state index contributed by atoms with van der Waals surface area (Å²) < 4.78 is 7.78. The monoisotopic (exact) mass is 393 g/mol. The number of quaternary nitrogens is 1. The van der Waals surface area contributed by atoms with Crippen LogP contribution >= 0.6 is 23.6 Å². The molecule has 2 atom stereocenters. The molecule has 8 heteroatoms. The minimum Gasteiger partial charge on any atom is -0.466 e. The Hall–Kier alpha value is -1.77. The number of piperidine rings is 1. The number of aryl methyl sites for hydroxylation is 1. The molecular weight excluding hydrogens is 368 g/mol. The zero-order chi connectivity index (χ0) is 18.5. The summed E-state index contributed by atoms with van der Waals surface area (Å²) in [4.78, 5) is 13.3. The lowest BCUT2D eigenvalue weighted by Crippen LogP contribution is -3.13. The molecule has 3 rings (SSSR count). The van der Waals surface area contributed by atoms with Gasteiger partial charge in [-0.3, -0.25) is 4.79 Å². The molecule has 0 bridgehead atoms. The van der Waals surface area contributed by atoms with Crippen molar-refractivity contribution in [3.05, 3.63) is 33.8 Å². The lowest BCUT2D eigenvalue weighted by atomic mass is 9.99. The van der Waals surface area contributed by atoms with Crippen molar-refractivity contribution in [1.82, 2.24) is 9.78 Å². The smallest absolute Gasteiger partial charge is 0.314 e. The topological polar surface area (TPSA) is 60.6 Å². The van der Waals surface area contributed by atoms with Crippen LogP contribution in [0.25, 0.3) is 0 Å². The van der Waals surface area contributed by atoms with E-state index >= 15 is 0 Å². The van der Waals surface area contributed by atoms with Crippen LogP contribution in [0, 0.1) is 16.8 Å². The van der Waals surface area contributed by atoms with Crippen molar-refractivity contribution >= 4 is 40.3 Å². The molecule has 1 unspecified atom stereocenters. The summed E-state index contributed by atoms with van der Waals surface area (Å²) in [5.41, 5.74) is 2.22. The number of hydrogen-bond donors (Lipinski definition) is 2. The van der Waals surface area contributed by atoms with Gasteiger partial charge in [-0.1, -0.05) is 29.0 Å². The largest absolute Gasteiger partial charge is 0.466 e. The Morgan fingerprint density at radius 1 is 1.46 bits per heavy atom. The highest BCUT2D eigenvalue weighted by Gasteiger charge is 2.30. The summed E-state index contributed by atoms with van der Waals surface area (Å²) in [6.45, 7) is 6.83. The van der Waals surface area contributed by atoms with Crippen LogP contribution in [0.3, 0.4) is 0 Å². The van der Waals surface area contributed by atoms with Gasteiger partial charge in [0.25, 0.3) is 0 Å². The van der Waals surface area contributed by atoms with Crippen LogP contribution in [0.15, 0.2) is 24.3 Å². The van der Waals surface area contributed by atoms with Crippen molar-refractivity contribution in [1.29, 1.82) is 0 Å². The Balaban J connectivity index is 1.63. The second kappa shape index (κ2) is 8.75. The Bertz CT molecular complexity index is 800. The summed E-state index contributed by atoms with van der Waals surface area (Å²) in [7, 11) is 0.